The average Bonchev–Trinajstić information content (AvgIpc) is 2.94. The fourth-order valence-electron chi connectivity index (χ4n) is 2.41. The zero-order valence-electron chi connectivity index (χ0n) is 7.44. The Morgan fingerprint density at radius 2 is 2.54 bits per heavy atom. The van der Waals surface area contributed by atoms with Crippen LogP contribution in [0.4, 0.5) is 0 Å². The molecule has 1 aliphatic carbocycles. The number of nitrogens with zero attached hydrogens (tertiary/aromatic N) is 2. The molecule has 68 valence electrons. The normalized spacial score (nSPS) is 36.8. The van der Waals surface area contributed by atoms with E-state index in [1.165, 1.54) is 12.1 Å². The quantitative estimate of drug-likeness (QED) is 0.644. The van der Waals surface area contributed by atoms with Crippen molar-refractivity contribution < 1.29 is 4.74 Å². The van der Waals surface area contributed by atoms with E-state index in [4.69, 9.17) is 4.74 Å². The van der Waals surface area contributed by atoms with Crippen molar-refractivity contribution in [1.29, 1.82) is 0 Å². The maximum Gasteiger partial charge on any atom is 0.115 e. The molecule has 2 unspecified atom stereocenters. The summed E-state index contributed by atoms with van der Waals surface area (Å²) < 4.78 is 5.43. The first-order valence-electron chi connectivity index (χ1n) is 4.76. The van der Waals surface area contributed by atoms with Crippen LogP contribution >= 0.6 is 0 Å². The number of aromatic nitrogens is 2. The molecule has 2 fully saturated rings. The molecule has 3 rings (SSSR count). The predicted molar refractivity (Wildman–Crippen MR) is 47.3 cm³/mol. The second kappa shape index (κ2) is 2.51. The van der Waals surface area contributed by atoms with E-state index in [0.29, 0.717) is 5.41 Å². The van der Waals surface area contributed by atoms with Crippen LogP contribution in [0.3, 0.4) is 0 Å². The van der Waals surface area contributed by atoms with Gasteiger partial charge in [-0.2, -0.15) is 0 Å². The molecule has 2 heterocycles. The van der Waals surface area contributed by atoms with Gasteiger partial charge in [0.05, 0.1) is 12.3 Å². The third-order valence-electron chi connectivity index (χ3n) is 3.34. The van der Waals surface area contributed by atoms with Gasteiger partial charge >= 0.3 is 0 Å². The van der Waals surface area contributed by atoms with E-state index in [9.17, 15) is 0 Å². The lowest BCUT2D eigenvalue weighted by atomic mass is 9.94. The van der Waals surface area contributed by atoms with E-state index >= 15 is 0 Å². The van der Waals surface area contributed by atoms with Crippen molar-refractivity contribution in [1.82, 2.24) is 9.97 Å². The fourth-order valence-corrected chi connectivity index (χ4v) is 2.41. The van der Waals surface area contributed by atoms with Crippen molar-refractivity contribution in [3.63, 3.8) is 0 Å². The standard InChI is InChI=1S/C10H12N2O/c1-3-11-7-12-9(1)10-2-4-13-6-8(10)5-10/h1,3,7-8H,2,4-6H2. The summed E-state index contributed by atoms with van der Waals surface area (Å²) in [4.78, 5) is 8.30. The molecular formula is C10H12N2O. The molecule has 0 spiro atoms. The number of hydrogen-bond acceptors (Lipinski definition) is 3. The highest BCUT2D eigenvalue weighted by Crippen LogP contribution is 2.57. The highest BCUT2D eigenvalue weighted by molar-refractivity contribution is 5.27. The van der Waals surface area contributed by atoms with E-state index < -0.39 is 0 Å². The maximum absolute atomic E-state index is 5.43. The molecule has 13 heavy (non-hydrogen) atoms. The van der Waals surface area contributed by atoms with E-state index in [1.807, 2.05) is 12.3 Å². The predicted octanol–water partition coefficient (Wildman–Crippen LogP) is 1.15. The second-order valence-corrected chi connectivity index (χ2v) is 3.98. The molecule has 0 aromatic carbocycles. The van der Waals surface area contributed by atoms with Crippen LogP contribution in [-0.4, -0.2) is 23.2 Å². The summed E-state index contributed by atoms with van der Waals surface area (Å²) >= 11 is 0. The molecule has 3 heteroatoms. The molecule has 0 radical (unpaired) electrons. The zero-order valence-corrected chi connectivity index (χ0v) is 7.44. The van der Waals surface area contributed by atoms with E-state index in [-0.39, 0.29) is 0 Å². The minimum atomic E-state index is 0.362. The van der Waals surface area contributed by atoms with Gasteiger partial charge in [0.15, 0.2) is 0 Å². The molecule has 0 amide bonds. The van der Waals surface area contributed by atoms with Crippen molar-refractivity contribution in [3.8, 4) is 0 Å². The Hall–Kier alpha value is -0.960. The third-order valence-corrected chi connectivity index (χ3v) is 3.34. The molecule has 1 aromatic heterocycles. The molecule has 3 nitrogen and oxygen atoms in total. The first kappa shape index (κ1) is 7.44. The van der Waals surface area contributed by atoms with Crippen LogP contribution in [0.2, 0.25) is 0 Å². The summed E-state index contributed by atoms with van der Waals surface area (Å²) in [6, 6.07) is 2.05. The smallest absolute Gasteiger partial charge is 0.115 e. The summed E-state index contributed by atoms with van der Waals surface area (Å²) in [6.07, 6.45) is 5.87. The summed E-state index contributed by atoms with van der Waals surface area (Å²) in [7, 11) is 0. The Morgan fingerprint density at radius 3 is 3.31 bits per heavy atom. The largest absolute Gasteiger partial charge is 0.381 e. The van der Waals surface area contributed by atoms with Crippen LogP contribution < -0.4 is 0 Å². The molecule has 1 aromatic rings. The lowest BCUT2D eigenvalue weighted by molar-refractivity contribution is 0.0794. The van der Waals surface area contributed by atoms with Gasteiger partial charge < -0.3 is 4.74 Å². The molecule has 1 aliphatic heterocycles. The highest BCUT2D eigenvalue weighted by atomic mass is 16.5. The van der Waals surface area contributed by atoms with Gasteiger partial charge in [-0.15, -0.1) is 0 Å². The number of rotatable bonds is 1. The van der Waals surface area contributed by atoms with E-state index in [0.717, 1.165) is 25.6 Å². The van der Waals surface area contributed by atoms with Gasteiger partial charge in [-0.1, -0.05) is 0 Å². The summed E-state index contributed by atoms with van der Waals surface area (Å²) in [5, 5.41) is 0. The Kier molecular flexibility index (Phi) is 1.44. The number of fused-ring (bicyclic) bond motifs is 1. The van der Waals surface area contributed by atoms with Crippen LogP contribution in [-0.2, 0) is 10.2 Å². The molecule has 1 saturated heterocycles. The van der Waals surface area contributed by atoms with Crippen molar-refractivity contribution in [2.45, 2.75) is 18.3 Å². The maximum atomic E-state index is 5.43. The molecule has 1 saturated carbocycles. The van der Waals surface area contributed by atoms with Crippen molar-refractivity contribution in [2.24, 2.45) is 5.92 Å². The van der Waals surface area contributed by atoms with Gasteiger partial charge in [-0.3, -0.25) is 0 Å². The SMILES string of the molecule is c1cc(C23CCOCC2C3)ncn1. The van der Waals surface area contributed by atoms with Crippen molar-refractivity contribution in [3.05, 3.63) is 24.3 Å². The van der Waals surface area contributed by atoms with Gasteiger partial charge in [0.25, 0.3) is 0 Å². The zero-order chi connectivity index (χ0) is 8.73. The molecule has 0 N–H and O–H groups in total. The van der Waals surface area contributed by atoms with Crippen molar-refractivity contribution >= 4 is 0 Å². The van der Waals surface area contributed by atoms with Gasteiger partial charge in [0.2, 0.25) is 0 Å². The molecule has 2 aliphatic rings. The monoisotopic (exact) mass is 176 g/mol. The lowest BCUT2D eigenvalue weighted by Crippen LogP contribution is -2.22. The van der Waals surface area contributed by atoms with Crippen LogP contribution in [0.1, 0.15) is 18.5 Å². The fraction of sp³-hybridized carbons (Fsp3) is 0.600. The van der Waals surface area contributed by atoms with E-state index in [1.54, 1.807) is 6.33 Å². The topological polar surface area (TPSA) is 35.0 Å². The van der Waals surface area contributed by atoms with Crippen LogP contribution in [0.25, 0.3) is 0 Å². The van der Waals surface area contributed by atoms with Crippen LogP contribution in [0.5, 0.6) is 0 Å². The van der Waals surface area contributed by atoms with Gasteiger partial charge in [-0.05, 0) is 24.8 Å². The van der Waals surface area contributed by atoms with Gasteiger partial charge in [0, 0.05) is 18.2 Å². The number of ether oxygens (including phenoxy) is 1. The molecule has 0 bridgehead atoms. The van der Waals surface area contributed by atoms with Gasteiger partial charge in [0.1, 0.15) is 6.33 Å². The first-order chi connectivity index (χ1) is 6.42. The Bertz CT molecular complexity index is 314. The average molecular weight is 176 g/mol. The van der Waals surface area contributed by atoms with Crippen molar-refractivity contribution in [2.75, 3.05) is 13.2 Å². The van der Waals surface area contributed by atoms with Crippen LogP contribution in [0, 0.1) is 5.92 Å². The van der Waals surface area contributed by atoms with E-state index in [2.05, 4.69) is 9.97 Å². The minimum Gasteiger partial charge on any atom is -0.381 e. The summed E-state index contributed by atoms with van der Waals surface area (Å²) in [5.41, 5.74) is 1.58. The number of hydrogen-bond donors (Lipinski definition) is 0. The molecule has 2 atom stereocenters. The Morgan fingerprint density at radius 1 is 1.54 bits per heavy atom. The summed E-state index contributed by atoms with van der Waals surface area (Å²) in [6.45, 7) is 1.81. The lowest BCUT2D eigenvalue weighted by Gasteiger charge is -2.21. The third kappa shape index (κ3) is 1.000. The highest BCUT2D eigenvalue weighted by Gasteiger charge is 2.57. The first-order valence-corrected chi connectivity index (χ1v) is 4.76. The Balaban J connectivity index is 1.94. The second-order valence-electron chi connectivity index (χ2n) is 3.98. The minimum absolute atomic E-state index is 0.362. The molecular weight excluding hydrogens is 164 g/mol. The summed E-state index contributed by atoms with van der Waals surface area (Å²) in [5.74, 6) is 0.719. The van der Waals surface area contributed by atoms with Crippen LogP contribution in [0.15, 0.2) is 18.6 Å². The van der Waals surface area contributed by atoms with Gasteiger partial charge in [-0.25, -0.2) is 9.97 Å². The Labute approximate surface area is 77.2 Å².